The number of aromatic nitrogens is 3. The lowest BCUT2D eigenvalue weighted by molar-refractivity contribution is 0.331. The summed E-state index contributed by atoms with van der Waals surface area (Å²) in [7, 11) is 1.94. The Balaban J connectivity index is 2.34. The van der Waals surface area contributed by atoms with Crippen LogP contribution in [0.15, 0.2) is 24.2 Å². The van der Waals surface area contributed by atoms with Gasteiger partial charge in [0.2, 0.25) is 0 Å². The number of anilines is 1. The Morgan fingerprint density at radius 1 is 1.47 bits per heavy atom. The van der Waals surface area contributed by atoms with E-state index in [4.69, 9.17) is 5.11 Å². The normalized spacial score (nSPS) is 12.1. The summed E-state index contributed by atoms with van der Waals surface area (Å²) >= 11 is 0. The van der Waals surface area contributed by atoms with E-state index in [0.717, 1.165) is 34.4 Å². The molecule has 5 nitrogen and oxygen atoms in total. The molecule has 0 aliphatic rings. The lowest BCUT2D eigenvalue weighted by Crippen LogP contribution is -2.05. The molecule has 0 unspecified atom stereocenters. The molecule has 2 rings (SSSR count). The number of imidazole rings is 1. The van der Waals surface area contributed by atoms with Crippen molar-refractivity contribution in [2.45, 2.75) is 20.3 Å². The molecule has 0 amide bonds. The van der Waals surface area contributed by atoms with E-state index in [1.807, 2.05) is 30.8 Å². The van der Waals surface area contributed by atoms with Gasteiger partial charge in [0.15, 0.2) is 5.65 Å². The molecule has 0 saturated heterocycles. The number of fused-ring (bicyclic) bond motifs is 1. The van der Waals surface area contributed by atoms with Crippen molar-refractivity contribution in [3.8, 4) is 0 Å². The Bertz CT molecular complexity index is 601. The average Bonchev–Trinajstić information content (AvgIpc) is 2.80. The first-order chi connectivity index (χ1) is 9.17. The molecule has 0 radical (unpaired) electrons. The molecule has 2 aromatic rings. The van der Waals surface area contributed by atoms with E-state index in [1.165, 1.54) is 0 Å². The van der Waals surface area contributed by atoms with Gasteiger partial charge in [-0.3, -0.25) is 0 Å². The van der Waals surface area contributed by atoms with Crippen molar-refractivity contribution in [1.82, 2.24) is 14.5 Å². The van der Waals surface area contributed by atoms with E-state index >= 15 is 0 Å². The van der Waals surface area contributed by atoms with Crippen LogP contribution in [-0.2, 0) is 13.5 Å². The average molecular weight is 260 g/mol. The first-order valence-electron chi connectivity index (χ1n) is 6.46. The van der Waals surface area contributed by atoms with Crippen LogP contribution in [-0.4, -0.2) is 32.8 Å². The first kappa shape index (κ1) is 13.5. The minimum atomic E-state index is 0.0949. The van der Waals surface area contributed by atoms with Crippen molar-refractivity contribution in [2.75, 3.05) is 18.5 Å². The van der Waals surface area contributed by atoms with Crippen molar-refractivity contribution < 1.29 is 5.11 Å². The third-order valence-corrected chi connectivity index (χ3v) is 3.17. The van der Waals surface area contributed by atoms with Gasteiger partial charge in [-0.15, -0.1) is 0 Å². The number of aliphatic hydroxyl groups is 1. The number of hydrogen-bond donors (Lipinski definition) is 2. The highest BCUT2D eigenvalue weighted by molar-refractivity contribution is 5.87. The molecule has 102 valence electrons. The fourth-order valence-electron chi connectivity index (χ4n) is 1.97. The SMILES string of the molecule is CCc1cnc2c(ncn2C)c1NC/C=C(\C)CO. The smallest absolute Gasteiger partial charge is 0.161 e. The summed E-state index contributed by atoms with van der Waals surface area (Å²) in [5.41, 5.74) is 4.92. The maximum Gasteiger partial charge on any atom is 0.161 e. The van der Waals surface area contributed by atoms with Gasteiger partial charge < -0.3 is 15.0 Å². The van der Waals surface area contributed by atoms with Crippen LogP contribution in [0.25, 0.3) is 11.2 Å². The largest absolute Gasteiger partial charge is 0.392 e. The minimum Gasteiger partial charge on any atom is -0.392 e. The third-order valence-electron chi connectivity index (χ3n) is 3.17. The van der Waals surface area contributed by atoms with Crippen LogP contribution in [0, 0.1) is 0 Å². The molecule has 5 heteroatoms. The maximum atomic E-state index is 8.99. The number of hydrogen-bond acceptors (Lipinski definition) is 4. The zero-order valence-electron chi connectivity index (χ0n) is 11.6. The Hall–Kier alpha value is -1.88. The molecule has 0 aromatic carbocycles. The van der Waals surface area contributed by atoms with E-state index in [0.29, 0.717) is 6.54 Å². The van der Waals surface area contributed by atoms with E-state index in [1.54, 1.807) is 6.33 Å². The molecule has 2 aromatic heterocycles. The summed E-state index contributed by atoms with van der Waals surface area (Å²) in [6.45, 7) is 4.78. The molecular formula is C14H20N4O. The Morgan fingerprint density at radius 3 is 2.95 bits per heavy atom. The second-order valence-electron chi connectivity index (χ2n) is 4.63. The molecule has 19 heavy (non-hydrogen) atoms. The Morgan fingerprint density at radius 2 is 2.26 bits per heavy atom. The predicted molar refractivity (Wildman–Crippen MR) is 77.2 cm³/mol. The number of nitrogens with zero attached hydrogens (tertiary/aromatic N) is 3. The molecule has 2 N–H and O–H groups in total. The first-order valence-corrected chi connectivity index (χ1v) is 6.46. The van der Waals surface area contributed by atoms with Gasteiger partial charge in [-0.2, -0.15) is 0 Å². The lowest BCUT2D eigenvalue weighted by Gasteiger charge is -2.10. The number of nitrogens with one attached hydrogen (secondary N) is 1. The third kappa shape index (κ3) is 2.76. The van der Waals surface area contributed by atoms with Crippen LogP contribution in [0.3, 0.4) is 0 Å². The van der Waals surface area contributed by atoms with E-state index in [-0.39, 0.29) is 6.61 Å². The maximum absolute atomic E-state index is 8.99. The predicted octanol–water partition coefficient (Wildman–Crippen LogP) is 1.88. The standard InChI is InChI=1S/C14H20N4O/c1-4-11-7-16-14-13(17-9-18(14)3)12(11)15-6-5-10(2)8-19/h5,7,9,19H,4,6,8H2,1-3H3,(H,15,16)/b10-5+. The van der Waals surface area contributed by atoms with Crippen molar-refractivity contribution in [3.05, 3.63) is 29.7 Å². The van der Waals surface area contributed by atoms with Crippen LogP contribution in [0.5, 0.6) is 0 Å². The van der Waals surface area contributed by atoms with Crippen LogP contribution in [0.2, 0.25) is 0 Å². The van der Waals surface area contributed by atoms with E-state index in [2.05, 4.69) is 22.2 Å². The van der Waals surface area contributed by atoms with Gasteiger partial charge in [0.1, 0.15) is 5.52 Å². The van der Waals surface area contributed by atoms with Crippen LogP contribution in [0.1, 0.15) is 19.4 Å². The highest BCUT2D eigenvalue weighted by Crippen LogP contribution is 2.24. The second-order valence-corrected chi connectivity index (χ2v) is 4.63. The number of pyridine rings is 1. The van der Waals surface area contributed by atoms with E-state index < -0.39 is 0 Å². The lowest BCUT2D eigenvalue weighted by atomic mass is 10.1. The fourth-order valence-corrected chi connectivity index (χ4v) is 1.97. The fraction of sp³-hybridized carbons (Fsp3) is 0.429. The van der Waals surface area contributed by atoms with Gasteiger partial charge in [0.25, 0.3) is 0 Å². The second kappa shape index (κ2) is 5.84. The van der Waals surface area contributed by atoms with Crippen molar-refractivity contribution >= 4 is 16.9 Å². The van der Waals surface area contributed by atoms with Gasteiger partial charge in [0.05, 0.1) is 18.6 Å². The van der Waals surface area contributed by atoms with Crippen molar-refractivity contribution in [3.63, 3.8) is 0 Å². The molecular weight excluding hydrogens is 240 g/mol. The number of rotatable bonds is 5. The Kier molecular flexibility index (Phi) is 4.16. The summed E-state index contributed by atoms with van der Waals surface area (Å²) in [5, 5.41) is 12.4. The summed E-state index contributed by atoms with van der Waals surface area (Å²) < 4.78 is 1.91. The molecule has 0 spiro atoms. The van der Waals surface area contributed by atoms with Gasteiger partial charge in [-0.25, -0.2) is 9.97 Å². The van der Waals surface area contributed by atoms with Crippen LogP contribution in [0.4, 0.5) is 5.69 Å². The number of aryl methyl sites for hydroxylation is 2. The summed E-state index contributed by atoms with van der Waals surface area (Å²) in [6, 6.07) is 0. The highest BCUT2D eigenvalue weighted by Gasteiger charge is 2.10. The molecule has 0 aliphatic heterocycles. The van der Waals surface area contributed by atoms with Gasteiger partial charge >= 0.3 is 0 Å². The summed E-state index contributed by atoms with van der Waals surface area (Å²) in [5.74, 6) is 0. The zero-order chi connectivity index (χ0) is 13.8. The zero-order valence-corrected chi connectivity index (χ0v) is 11.6. The summed E-state index contributed by atoms with van der Waals surface area (Å²) in [4.78, 5) is 8.85. The van der Waals surface area contributed by atoms with Gasteiger partial charge in [0, 0.05) is 19.8 Å². The van der Waals surface area contributed by atoms with Gasteiger partial charge in [-0.1, -0.05) is 18.6 Å². The van der Waals surface area contributed by atoms with Crippen molar-refractivity contribution in [2.24, 2.45) is 7.05 Å². The molecule has 0 saturated carbocycles. The highest BCUT2D eigenvalue weighted by atomic mass is 16.3. The molecule has 2 heterocycles. The van der Waals surface area contributed by atoms with Gasteiger partial charge in [-0.05, 0) is 18.9 Å². The summed E-state index contributed by atoms with van der Waals surface area (Å²) in [6.07, 6.45) is 6.56. The molecule has 0 fully saturated rings. The molecule has 0 aliphatic carbocycles. The topological polar surface area (TPSA) is 63.0 Å². The molecule has 0 atom stereocenters. The van der Waals surface area contributed by atoms with Crippen LogP contribution >= 0.6 is 0 Å². The Labute approximate surface area is 113 Å². The quantitative estimate of drug-likeness (QED) is 0.806. The van der Waals surface area contributed by atoms with Crippen molar-refractivity contribution in [1.29, 1.82) is 0 Å². The molecule has 0 bridgehead atoms. The van der Waals surface area contributed by atoms with Crippen LogP contribution < -0.4 is 5.32 Å². The number of aliphatic hydroxyl groups excluding tert-OH is 1. The minimum absolute atomic E-state index is 0.0949. The monoisotopic (exact) mass is 260 g/mol. The van der Waals surface area contributed by atoms with E-state index in [9.17, 15) is 0 Å².